The zero-order chi connectivity index (χ0) is 23.1. The Balaban J connectivity index is 1.51. The molecule has 3 aromatic rings. The van der Waals surface area contributed by atoms with E-state index < -0.39 is 15.9 Å². The normalized spacial score (nSPS) is 13.2. The van der Waals surface area contributed by atoms with Crippen LogP contribution in [0.4, 0.5) is 5.69 Å². The van der Waals surface area contributed by atoms with E-state index in [0.29, 0.717) is 30.4 Å². The molecule has 3 aromatic carbocycles. The lowest BCUT2D eigenvalue weighted by atomic mass is 10.2. The molecule has 4 rings (SSSR count). The number of nitrogens with one attached hydrogen (secondary N) is 1. The third-order valence-electron chi connectivity index (χ3n) is 4.94. The summed E-state index contributed by atoms with van der Waals surface area (Å²) in [6, 6.07) is 23.4. The Morgan fingerprint density at radius 2 is 1.58 bits per heavy atom. The molecule has 7 nitrogen and oxygen atoms in total. The highest BCUT2D eigenvalue weighted by Crippen LogP contribution is 2.32. The molecule has 0 atom stereocenters. The van der Waals surface area contributed by atoms with E-state index in [9.17, 15) is 13.2 Å². The van der Waals surface area contributed by atoms with Gasteiger partial charge in [0.05, 0.1) is 6.54 Å². The van der Waals surface area contributed by atoms with Gasteiger partial charge < -0.3 is 14.8 Å². The molecular formula is C25H24N2O5S. The smallest absolute Gasteiger partial charge is 0.239 e. The second-order valence-corrected chi connectivity index (χ2v) is 9.24. The van der Waals surface area contributed by atoms with Gasteiger partial charge in [-0.3, -0.25) is 4.79 Å². The monoisotopic (exact) mass is 464 g/mol. The largest absolute Gasteiger partial charge is 0.486 e. The summed E-state index contributed by atoms with van der Waals surface area (Å²) in [7, 11) is -3.87. The van der Waals surface area contributed by atoms with Gasteiger partial charge in [-0.05, 0) is 29.3 Å². The number of anilines is 1. The van der Waals surface area contributed by atoms with Crippen molar-refractivity contribution in [1.82, 2.24) is 4.31 Å². The van der Waals surface area contributed by atoms with Gasteiger partial charge in [0, 0.05) is 23.7 Å². The molecule has 8 heteroatoms. The van der Waals surface area contributed by atoms with Crippen molar-refractivity contribution in [3.63, 3.8) is 0 Å². The van der Waals surface area contributed by atoms with Crippen LogP contribution in [0.25, 0.3) is 6.08 Å². The van der Waals surface area contributed by atoms with Crippen molar-refractivity contribution >= 4 is 27.7 Å². The number of hydrogen-bond donors (Lipinski definition) is 1. The maximum absolute atomic E-state index is 13.1. The van der Waals surface area contributed by atoms with Crippen LogP contribution < -0.4 is 14.8 Å². The Morgan fingerprint density at radius 3 is 2.30 bits per heavy atom. The fraction of sp³-hybridized carbons (Fsp3) is 0.160. The van der Waals surface area contributed by atoms with Gasteiger partial charge in [0.1, 0.15) is 13.2 Å². The lowest BCUT2D eigenvalue weighted by Gasteiger charge is -2.21. The molecule has 170 valence electrons. The molecular weight excluding hydrogens is 440 g/mol. The van der Waals surface area contributed by atoms with Crippen molar-refractivity contribution in [3.05, 3.63) is 95.4 Å². The maximum Gasteiger partial charge on any atom is 0.239 e. The second kappa shape index (κ2) is 10.3. The highest BCUT2D eigenvalue weighted by Gasteiger charge is 2.23. The summed E-state index contributed by atoms with van der Waals surface area (Å²) >= 11 is 0. The summed E-state index contributed by atoms with van der Waals surface area (Å²) < 4.78 is 38.4. The molecule has 0 bridgehead atoms. The number of nitrogens with zero attached hydrogens (tertiary/aromatic N) is 1. The Labute approximate surface area is 193 Å². The third-order valence-corrected chi connectivity index (χ3v) is 6.40. The Bertz CT molecular complexity index is 1230. The number of carbonyl (C=O) groups excluding carboxylic acids is 1. The van der Waals surface area contributed by atoms with Gasteiger partial charge in [0.25, 0.3) is 0 Å². The molecule has 0 unspecified atom stereocenters. The van der Waals surface area contributed by atoms with E-state index in [2.05, 4.69) is 5.32 Å². The zero-order valence-electron chi connectivity index (χ0n) is 17.9. The van der Waals surface area contributed by atoms with Crippen molar-refractivity contribution in [2.24, 2.45) is 0 Å². The summed E-state index contributed by atoms with van der Waals surface area (Å²) in [5, 5.41) is 3.88. The number of amides is 1. The van der Waals surface area contributed by atoms with Crippen LogP contribution in [0.1, 0.15) is 11.1 Å². The minimum atomic E-state index is -3.87. The molecule has 0 saturated carbocycles. The predicted octanol–water partition coefficient (Wildman–Crippen LogP) is 3.90. The maximum atomic E-state index is 13.1. The molecule has 0 fully saturated rings. The number of rotatable bonds is 8. The fourth-order valence-electron chi connectivity index (χ4n) is 3.32. The summed E-state index contributed by atoms with van der Waals surface area (Å²) in [5.41, 5.74) is 2.03. The highest BCUT2D eigenvalue weighted by molar-refractivity contribution is 7.92. The number of sulfonamides is 1. The molecule has 1 N–H and O–H groups in total. The number of benzene rings is 3. The molecule has 33 heavy (non-hydrogen) atoms. The first kappa shape index (κ1) is 22.6. The molecule has 0 radical (unpaired) electrons. The van der Waals surface area contributed by atoms with Gasteiger partial charge >= 0.3 is 0 Å². The Morgan fingerprint density at radius 1 is 0.909 bits per heavy atom. The minimum Gasteiger partial charge on any atom is -0.486 e. The van der Waals surface area contributed by atoms with Crippen molar-refractivity contribution in [2.75, 3.05) is 25.1 Å². The zero-order valence-corrected chi connectivity index (χ0v) is 18.7. The van der Waals surface area contributed by atoms with E-state index in [-0.39, 0.29) is 13.1 Å². The number of ether oxygens (including phenoxy) is 2. The average molecular weight is 465 g/mol. The van der Waals surface area contributed by atoms with Crippen molar-refractivity contribution in [1.29, 1.82) is 0 Å². The number of hydrogen-bond acceptors (Lipinski definition) is 5. The van der Waals surface area contributed by atoms with E-state index >= 15 is 0 Å². The van der Waals surface area contributed by atoms with Crippen molar-refractivity contribution < 1.29 is 22.7 Å². The lowest BCUT2D eigenvalue weighted by molar-refractivity contribution is -0.116. The van der Waals surface area contributed by atoms with Crippen LogP contribution in [0.3, 0.4) is 0 Å². The van der Waals surface area contributed by atoms with Crippen LogP contribution in [-0.2, 0) is 21.4 Å². The summed E-state index contributed by atoms with van der Waals surface area (Å²) in [5.74, 6) is 0.691. The first-order valence-corrected chi connectivity index (χ1v) is 12.0. The predicted molar refractivity (Wildman–Crippen MR) is 127 cm³/mol. The molecule has 0 aromatic heterocycles. The van der Waals surface area contributed by atoms with Gasteiger partial charge in [-0.15, -0.1) is 0 Å². The SMILES string of the molecule is O=C(CN(Cc1ccccc1)S(=O)(=O)/C=C/c1ccccc1)Nc1ccc2c(c1)OCCO2. The van der Waals surface area contributed by atoms with Crippen molar-refractivity contribution in [2.45, 2.75) is 6.54 Å². The van der Waals surface area contributed by atoms with Crippen LogP contribution in [-0.4, -0.2) is 38.4 Å². The topological polar surface area (TPSA) is 84.9 Å². The van der Waals surface area contributed by atoms with Crippen LogP contribution in [0, 0.1) is 0 Å². The van der Waals surface area contributed by atoms with Crippen LogP contribution >= 0.6 is 0 Å². The van der Waals surface area contributed by atoms with Gasteiger partial charge in [0.2, 0.25) is 15.9 Å². The third kappa shape index (κ3) is 6.21. The average Bonchev–Trinajstić information content (AvgIpc) is 2.83. The highest BCUT2D eigenvalue weighted by atomic mass is 32.2. The molecule has 0 saturated heterocycles. The summed E-state index contributed by atoms with van der Waals surface area (Å²) in [6.45, 7) is 0.629. The Kier molecular flexibility index (Phi) is 7.07. The van der Waals surface area contributed by atoms with Crippen LogP contribution in [0.2, 0.25) is 0 Å². The number of fused-ring (bicyclic) bond motifs is 1. The minimum absolute atomic E-state index is 0.0663. The van der Waals surface area contributed by atoms with E-state index in [1.165, 1.54) is 6.08 Å². The molecule has 0 spiro atoms. The van der Waals surface area contributed by atoms with Gasteiger partial charge in [-0.1, -0.05) is 60.7 Å². The summed E-state index contributed by atoms with van der Waals surface area (Å²) in [4.78, 5) is 12.8. The van der Waals surface area contributed by atoms with E-state index in [1.807, 2.05) is 60.7 Å². The quantitative estimate of drug-likeness (QED) is 0.547. The standard InChI is InChI=1S/C25H24N2O5S/c28-25(26-22-11-12-23-24(17-22)32-15-14-31-23)19-27(18-21-9-5-2-6-10-21)33(29,30)16-13-20-7-3-1-4-8-20/h1-13,16-17H,14-15,18-19H2,(H,26,28)/b16-13+. The van der Waals surface area contributed by atoms with E-state index in [1.54, 1.807) is 18.2 Å². The summed E-state index contributed by atoms with van der Waals surface area (Å²) in [6.07, 6.45) is 1.52. The molecule has 1 aliphatic rings. The lowest BCUT2D eigenvalue weighted by Crippen LogP contribution is -2.36. The Hall–Kier alpha value is -3.62. The first-order valence-electron chi connectivity index (χ1n) is 10.5. The van der Waals surface area contributed by atoms with Gasteiger partial charge in [0.15, 0.2) is 11.5 Å². The molecule has 1 heterocycles. The fourth-order valence-corrected chi connectivity index (χ4v) is 4.45. The van der Waals surface area contributed by atoms with Gasteiger partial charge in [-0.2, -0.15) is 4.31 Å². The van der Waals surface area contributed by atoms with E-state index in [0.717, 1.165) is 20.8 Å². The molecule has 0 aliphatic carbocycles. The van der Waals surface area contributed by atoms with Crippen molar-refractivity contribution in [3.8, 4) is 11.5 Å². The first-order chi connectivity index (χ1) is 16.0. The molecule has 1 amide bonds. The number of carbonyl (C=O) groups is 1. The van der Waals surface area contributed by atoms with E-state index in [4.69, 9.17) is 9.47 Å². The van der Waals surface area contributed by atoms with Gasteiger partial charge in [-0.25, -0.2) is 8.42 Å². The van der Waals surface area contributed by atoms with Crippen LogP contribution in [0.5, 0.6) is 11.5 Å². The molecule has 1 aliphatic heterocycles. The second-order valence-electron chi connectivity index (χ2n) is 7.42. The van der Waals surface area contributed by atoms with Crippen LogP contribution in [0.15, 0.2) is 84.3 Å².